The molecule has 0 aromatic heterocycles. The van der Waals surface area contributed by atoms with Crippen LogP contribution in [0.3, 0.4) is 0 Å². The van der Waals surface area contributed by atoms with Gasteiger partial charge in [0.2, 0.25) is 0 Å². The second-order valence-corrected chi connectivity index (χ2v) is 4.31. The first-order valence-corrected chi connectivity index (χ1v) is 6.33. The monoisotopic (exact) mass is 271 g/mol. The van der Waals surface area contributed by atoms with E-state index in [1.165, 1.54) is 0 Å². The van der Waals surface area contributed by atoms with E-state index in [9.17, 15) is 10.1 Å². The molecule has 0 radical (unpaired) electrons. The van der Waals surface area contributed by atoms with Crippen molar-refractivity contribution < 1.29 is 4.92 Å². The van der Waals surface area contributed by atoms with Crippen molar-refractivity contribution in [3.63, 3.8) is 0 Å². The normalized spacial score (nSPS) is 12.4. The molecule has 6 heteroatoms. The van der Waals surface area contributed by atoms with Gasteiger partial charge in [-0.2, -0.15) is 0 Å². The highest BCUT2D eigenvalue weighted by molar-refractivity contribution is 6.30. The zero-order valence-corrected chi connectivity index (χ0v) is 11.4. The minimum absolute atomic E-state index is 0.254. The molecule has 0 spiro atoms. The summed E-state index contributed by atoms with van der Waals surface area (Å²) in [5, 5.41) is 14.7. The number of rotatable bonds is 7. The Bertz CT molecular complexity index is 379. The highest BCUT2D eigenvalue weighted by Crippen LogP contribution is 2.13. The average Bonchev–Trinajstić information content (AvgIpc) is 2.36. The summed E-state index contributed by atoms with van der Waals surface area (Å²) in [5.74, 6) is 0. The predicted molar refractivity (Wildman–Crippen MR) is 73.6 cm³/mol. The third kappa shape index (κ3) is 4.16. The van der Waals surface area contributed by atoms with Gasteiger partial charge in [0, 0.05) is 28.7 Å². The van der Waals surface area contributed by atoms with Crippen LogP contribution < -0.4 is 5.32 Å². The Morgan fingerprint density at radius 2 is 1.89 bits per heavy atom. The van der Waals surface area contributed by atoms with Gasteiger partial charge in [-0.05, 0) is 24.3 Å². The molecular weight excluding hydrogens is 254 g/mol. The Labute approximate surface area is 112 Å². The van der Waals surface area contributed by atoms with Crippen molar-refractivity contribution in [2.24, 2.45) is 0 Å². The van der Waals surface area contributed by atoms with Crippen LogP contribution in [0.1, 0.15) is 13.8 Å². The maximum absolute atomic E-state index is 11.0. The molecule has 0 aliphatic rings. The molecule has 5 nitrogen and oxygen atoms in total. The van der Waals surface area contributed by atoms with E-state index in [4.69, 9.17) is 11.6 Å². The zero-order chi connectivity index (χ0) is 13.5. The molecule has 0 saturated carbocycles. The van der Waals surface area contributed by atoms with Crippen LogP contribution in [0.15, 0.2) is 24.3 Å². The first-order chi connectivity index (χ1) is 8.58. The van der Waals surface area contributed by atoms with E-state index in [-0.39, 0.29) is 11.5 Å². The molecule has 18 heavy (non-hydrogen) atoms. The fourth-order valence-corrected chi connectivity index (χ4v) is 1.88. The minimum Gasteiger partial charge on any atom is -0.377 e. The topological polar surface area (TPSA) is 58.4 Å². The lowest BCUT2D eigenvalue weighted by atomic mass is 10.3. The predicted octanol–water partition coefficient (Wildman–Crippen LogP) is 2.70. The number of anilines is 1. The van der Waals surface area contributed by atoms with Crippen molar-refractivity contribution in [3.05, 3.63) is 39.4 Å². The third-order valence-corrected chi connectivity index (χ3v) is 3.06. The largest absolute Gasteiger partial charge is 0.377 e. The van der Waals surface area contributed by atoms with Crippen molar-refractivity contribution in [2.75, 3.05) is 25.0 Å². The zero-order valence-electron chi connectivity index (χ0n) is 10.6. The molecule has 0 fully saturated rings. The summed E-state index contributed by atoms with van der Waals surface area (Å²) < 4.78 is 0. The van der Waals surface area contributed by atoms with E-state index in [1.807, 2.05) is 30.9 Å². The quantitative estimate of drug-likeness (QED) is 0.471. The van der Waals surface area contributed by atoms with Gasteiger partial charge in [-0.25, -0.2) is 4.90 Å². The van der Waals surface area contributed by atoms with Gasteiger partial charge < -0.3 is 5.32 Å². The average molecular weight is 272 g/mol. The standard InChI is InChI=1S/C12H18ClN3O2/c1-3-15(4-2)12(16(17)18)9-14-11-7-5-10(13)6-8-11/h5-8,12,14H,3-4,9H2,1-2H3. The number of nitro groups is 1. The molecule has 1 aromatic rings. The third-order valence-electron chi connectivity index (χ3n) is 2.81. The highest BCUT2D eigenvalue weighted by atomic mass is 35.5. The van der Waals surface area contributed by atoms with Crippen molar-refractivity contribution in [3.8, 4) is 0 Å². The van der Waals surface area contributed by atoms with Crippen LogP contribution in [0.25, 0.3) is 0 Å². The van der Waals surface area contributed by atoms with Crippen LogP contribution >= 0.6 is 11.6 Å². The van der Waals surface area contributed by atoms with Gasteiger partial charge in [0.25, 0.3) is 6.17 Å². The summed E-state index contributed by atoms with van der Waals surface area (Å²) >= 11 is 5.78. The summed E-state index contributed by atoms with van der Waals surface area (Å²) in [6.45, 7) is 5.43. The molecule has 1 N–H and O–H groups in total. The summed E-state index contributed by atoms with van der Waals surface area (Å²) in [7, 11) is 0. The number of hydrogen-bond acceptors (Lipinski definition) is 4. The number of halogens is 1. The van der Waals surface area contributed by atoms with E-state index in [0.29, 0.717) is 18.1 Å². The molecule has 1 aromatic carbocycles. The number of benzene rings is 1. The molecule has 0 aliphatic carbocycles. The lowest BCUT2D eigenvalue weighted by Crippen LogP contribution is -2.45. The molecule has 0 heterocycles. The van der Waals surface area contributed by atoms with E-state index >= 15 is 0 Å². The molecule has 0 aliphatic heterocycles. The first kappa shape index (κ1) is 14.7. The maximum Gasteiger partial charge on any atom is 0.285 e. The molecule has 0 amide bonds. The summed E-state index contributed by atoms with van der Waals surface area (Å²) in [4.78, 5) is 12.6. The molecule has 0 bridgehead atoms. The lowest BCUT2D eigenvalue weighted by Gasteiger charge is -2.23. The van der Waals surface area contributed by atoms with E-state index in [2.05, 4.69) is 5.32 Å². The Morgan fingerprint density at radius 3 is 2.33 bits per heavy atom. The van der Waals surface area contributed by atoms with Crippen LogP contribution in [0.5, 0.6) is 0 Å². The van der Waals surface area contributed by atoms with Gasteiger partial charge in [-0.3, -0.25) is 10.1 Å². The number of likely N-dealkylation sites (N-methyl/N-ethyl adjacent to an activating group) is 1. The molecule has 1 rings (SSSR count). The van der Waals surface area contributed by atoms with Crippen molar-refractivity contribution in [1.82, 2.24) is 4.90 Å². The Kier molecular flexibility index (Phi) is 5.88. The van der Waals surface area contributed by atoms with Gasteiger partial charge in [-0.15, -0.1) is 0 Å². The molecule has 0 saturated heterocycles. The van der Waals surface area contributed by atoms with Crippen molar-refractivity contribution in [2.45, 2.75) is 20.0 Å². The SMILES string of the molecule is CCN(CC)C(CNc1ccc(Cl)cc1)[N+](=O)[O-]. The number of nitrogens with zero attached hydrogens (tertiary/aromatic N) is 2. The lowest BCUT2D eigenvalue weighted by molar-refractivity contribution is -0.546. The Morgan fingerprint density at radius 1 is 1.33 bits per heavy atom. The van der Waals surface area contributed by atoms with Gasteiger partial charge in [-0.1, -0.05) is 25.4 Å². The molecule has 1 unspecified atom stereocenters. The second-order valence-electron chi connectivity index (χ2n) is 3.87. The smallest absolute Gasteiger partial charge is 0.285 e. The van der Waals surface area contributed by atoms with Gasteiger partial charge in [0.05, 0.1) is 6.54 Å². The van der Waals surface area contributed by atoms with Crippen LogP contribution in [-0.2, 0) is 0 Å². The fraction of sp³-hybridized carbons (Fsp3) is 0.500. The summed E-state index contributed by atoms with van der Waals surface area (Å²) in [6, 6.07) is 7.12. The van der Waals surface area contributed by atoms with Crippen LogP contribution in [-0.4, -0.2) is 35.6 Å². The Hall–Kier alpha value is -1.33. The van der Waals surface area contributed by atoms with Gasteiger partial charge in [0.1, 0.15) is 0 Å². The van der Waals surface area contributed by atoms with Crippen LogP contribution in [0, 0.1) is 10.1 Å². The van der Waals surface area contributed by atoms with Crippen molar-refractivity contribution >= 4 is 17.3 Å². The number of hydrogen-bond donors (Lipinski definition) is 1. The highest BCUT2D eigenvalue weighted by Gasteiger charge is 2.25. The summed E-state index contributed by atoms with van der Waals surface area (Å²) in [6.07, 6.45) is -0.712. The summed E-state index contributed by atoms with van der Waals surface area (Å²) in [5.41, 5.74) is 0.832. The van der Waals surface area contributed by atoms with Gasteiger partial charge >= 0.3 is 0 Å². The fourth-order valence-electron chi connectivity index (χ4n) is 1.76. The van der Waals surface area contributed by atoms with E-state index in [0.717, 1.165) is 5.69 Å². The minimum atomic E-state index is -0.712. The Balaban J connectivity index is 2.62. The number of nitrogens with one attached hydrogen (secondary N) is 1. The van der Waals surface area contributed by atoms with Crippen LogP contribution in [0.2, 0.25) is 5.02 Å². The maximum atomic E-state index is 11.0. The molecule has 100 valence electrons. The van der Waals surface area contributed by atoms with Crippen molar-refractivity contribution in [1.29, 1.82) is 0 Å². The molecule has 1 atom stereocenters. The van der Waals surface area contributed by atoms with Crippen LogP contribution in [0.4, 0.5) is 5.69 Å². The second kappa shape index (κ2) is 7.18. The van der Waals surface area contributed by atoms with Gasteiger partial charge in [0.15, 0.2) is 0 Å². The first-order valence-electron chi connectivity index (χ1n) is 5.95. The molecular formula is C12H18ClN3O2. The van der Waals surface area contributed by atoms with E-state index < -0.39 is 6.17 Å². The van der Waals surface area contributed by atoms with E-state index in [1.54, 1.807) is 12.1 Å².